The van der Waals surface area contributed by atoms with Gasteiger partial charge in [0.05, 0.1) is 0 Å². The maximum atomic E-state index is 12.5. The van der Waals surface area contributed by atoms with E-state index in [0.29, 0.717) is 37.8 Å². The van der Waals surface area contributed by atoms with Gasteiger partial charge in [-0.05, 0) is 73.9 Å². The molecule has 0 radical (unpaired) electrons. The van der Waals surface area contributed by atoms with Crippen LogP contribution in [0.1, 0.15) is 92.0 Å². The van der Waals surface area contributed by atoms with Crippen LogP contribution in [0, 0.1) is 25.7 Å². The maximum Gasteiger partial charge on any atom is 0.303 e. The molecule has 4 heterocycles. The quantitative estimate of drug-likeness (QED) is 0.174. The normalized spacial score (nSPS) is 20.1. The number of carbonyl (C=O) groups excluding carboxylic acids is 2. The van der Waals surface area contributed by atoms with Crippen LogP contribution in [-0.2, 0) is 44.9 Å². The summed E-state index contributed by atoms with van der Waals surface area (Å²) < 4.78 is 0. The first-order chi connectivity index (χ1) is 20.7. The smallest absolute Gasteiger partial charge is 0.303 e. The average Bonchev–Trinajstić information content (AvgIpc) is 3.59. The molecule has 0 saturated carbocycles. The number of carbonyl (C=O) groups is 4. The molecule has 2 aromatic rings. The highest BCUT2D eigenvalue weighted by molar-refractivity contribution is 7.81. The largest absolute Gasteiger partial charge is 0.481 e. The third-order valence-electron chi connectivity index (χ3n) is 9.07. The van der Waals surface area contributed by atoms with Crippen LogP contribution in [0.5, 0.6) is 0 Å². The zero-order valence-electron chi connectivity index (χ0n) is 26.2. The number of carboxylic acids is 2. The third-order valence-corrected chi connectivity index (χ3v) is 9.40. The van der Waals surface area contributed by atoms with E-state index in [1.807, 2.05) is 47.6 Å². The van der Waals surface area contributed by atoms with Crippen molar-refractivity contribution >= 4 is 48.2 Å². The molecule has 4 rings (SSSR count). The van der Waals surface area contributed by atoms with E-state index in [9.17, 15) is 29.4 Å². The van der Waals surface area contributed by atoms with E-state index >= 15 is 0 Å². The second kappa shape index (κ2) is 13.4. The number of nitrogens with zero attached hydrogens (tertiary/aromatic N) is 1. The van der Waals surface area contributed by atoms with Crippen molar-refractivity contribution in [2.75, 3.05) is 0 Å². The molecule has 44 heavy (non-hydrogen) atoms. The highest BCUT2D eigenvalue weighted by Crippen LogP contribution is 2.33. The van der Waals surface area contributed by atoms with Crippen molar-refractivity contribution in [3.05, 3.63) is 61.9 Å². The Kier molecular flexibility index (Phi) is 10.1. The predicted octanol–water partition coefficient (Wildman–Crippen LogP) is 4.88. The summed E-state index contributed by atoms with van der Waals surface area (Å²) in [4.78, 5) is 59.4. The fourth-order valence-electron chi connectivity index (χ4n) is 6.55. The van der Waals surface area contributed by atoms with Crippen LogP contribution in [0.3, 0.4) is 0 Å². The number of aliphatic carboxylic acids is 2. The zero-order chi connectivity index (χ0) is 32.5. The lowest BCUT2D eigenvalue weighted by atomic mass is 9.87. The van der Waals surface area contributed by atoms with Crippen molar-refractivity contribution in [3.63, 3.8) is 0 Å². The van der Waals surface area contributed by atoms with Crippen LogP contribution in [0.15, 0.2) is 21.8 Å². The van der Waals surface area contributed by atoms with E-state index in [-0.39, 0.29) is 41.7 Å². The molecule has 3 atom stereocenters. The second-order valence-corrected chi connectivity index (χ2v) is 12.7. The Morgan fingerprint density at radius 1 is 0.955 bits per heavy atom. The minimum absolute atomic E-state index is 0.0457. The van der Waals surface area contributed by atoms with Crippen LogP contribution in [0.2, 0.25) is 0 Å². The summed E-state index contributed by atoms with van der Waals surface area (Å²) in [5.74, 6) is -2.40. The number of H-pyrrole nitrogens is 2. The Bertz CT molecular complexity index is 1610. The molecule has 2 aliphatic rings. The first-order valence-corrected chi connectivity index (χ1v) is 15.6. The number of aromatic nitrogens is 2. The van der Waals surface area contributed by atoms with Gasteiger partial charge in [0.15, 0.2) is 0 Å². The van der Waals surface area contributed by atoms with Crippen molar-refractivity contribution in [2.45, 2.75) is 91.7 Å². The molecule has 2 amide bonds. The van der Waals surface area contributed by atoms with Crippen LogP contribution in [0.4, 0.5) is 0 Å². The summed E-state index contributed by atoms with van der Waals surface area (Å²) in [6, 6.07) is 0. The van der Waals surface area contributed by atoms with Crippen molar-refractivity contribution in [1.82, 2.24) is 15.3 Å². The van der Waals surface area contributed by atoms with Gasteiger partial charge < -0.3 is 25.5 Å². The predicted molar refractivity (Wildman–Crippen MR) is 172 cm³/mol. The molecule has 0 fully saturated rings. The lowest BCUT2D eigenvalue weighted by molar-refractivity contribution is -0.138. The van der Waals surface area contributed by atoms with Crippen molar-refractivity contribution < 1.29 is 29.4 Å². The van der Waals surface area contributed by atoms with Crippen LogP contribution < -0.4 is 5.32 Å². The van der Waals surface area contributed by atoms with Crippen molar-refractivity contribution in [1.29, 1.82) is 0 Å². The number of hydrogen-bond acceptors (Lipinski definition) is 5. The molecule has 236 valence electrons. The molecule has 0 bridgehead atoms. The molecule has 5 N–H and O–H groups in total. The van der Waals surface area contributed by atoms with Crippen LogP contribution >= 0.6 is 12.6 Å². The van der Waals surface area contributed by atoms with Gasteiger partial charge in [-0.15, -0.1) is 0 Å². The zero-order valence-corrected chi connectivity index (χ0v) is 27.1. The van der Waals surface area contributed by atoms with Gasteiger partial charge in [0.25, 0.3) is 5.91 Å². The number of aliphatic imine (C=N–C) groups is 1. The number of rotatable bonds is 13. The summed E-state index contributed by atoms with van der Waals surface area (Å²) >= 11 is 4.63. The number of carboxylic acid groups (broad SMARTS) is 2. The second-order valence-electron chi connectivity index (χ2n) is 11.9. The standard InChI is InChI=1S/C33H42N4O6S/c1-7-20-15(2)25(36-33(20)43)12-23-16(3)21(8-10-29(38)39)26(34-23)14-27-22(9-11-30(40)41)17(4)24(35-27)13-28-31(19(6)44)18(5)32(42)37-28/h12,18-19,31,34-35,44H,7-11,13-14H2,1-6H3,(H,36,43)(H,38,39)(H,40,41)/b25-12-/t18-,19+,31+/m1/s1. The molecular formula is C33H42N4O6S. The lowest BCUT2D eigenvalue weighted by Crippen LogP contribution is -2.27. The SMILES string of the molecule is CCC1=C(C)/C(=C/c2[nH]c(Cc3[nH]c(CC4=NC(=O)[C@H](C)[C@H]4[C@H](C)S)c(C)c3CCC(=O)O)c(CCC(=O)O)c2C)NC1=O. The van der Waals surface area contributed by atoms with Gasteiger partial charge >= 0.3 is 11.9 Å². The number of hydrogen-bond donors (Lipinski definition) is 6. The molecule has 0 aromatic carbocycles. The van der Waals surface area contributed by atoms with E-state index in [4.69, 9.17) is 0 Å². The first kappa shape index (κ1) is 33.0. The number of nitrogens with one attached hydrogen (secondary N) is 3. The van der Waals surface area contributed by atoms with Crippen molar-refractivity contribution in [2.24, 2.45) is 16.8 Å². The molecule has 11 heteroatoms. The molecule has 10 nitrogen and oxygen atoms in total. The maximum absolute atomic E-state index is 12.5. The minimum Gasteiger partial charge on any atom is -0.481 e. The number of allylic oxidation sites excluding steroid dienone is 1. The van der Waals surface area contributed by atoms with Gasteiger partial charge in [-0.25, -0.2) is 4.99 Å². The Hall–Kier alpha value is -3.86. The van der Waals surface area contributed by atoms with E-state index in [1.165, 1.54) is 0 Å². The molecule has 2 aliphatic heterocycles. The fourth-order valence-corrected chi connectivity index (χ4v) is 6.98. The monoisotopic (exact) mass is 622 g/mol. The first-order valence-electron chi connectivity index (χ1n) is 15.1. The van der Waals surface area contributed by atoms with E-state index in [1.54, 1.807) is 0 Å². The molecular weight excluding hydrogens is 580 g/mol. The van der Waals surface area contributed by atoms with E-state index < -0.39 is 11.9 Å². The van der Waals surface area contributed by atoms with Gasteiger partial charge in [0.2, 0.25) is 5.91 Å². The Morgan fingerprint density at radius 3 is 2.09 bits per heavy atom. The molecule has 0 spiro atoms. The average molecular weight is 623 g/mol. The summed E-state index contributed by atoms with van der Waals surface area (Å²) in [6.07, 6.45) is 3.87. The third kappa shape index (κ3) is 6.77. The number of aromatic amines is 2. The molecule has 0 unspecified atom stereocenters. The minimum atomic E-state index is -0.903. The Morgan fingerprint density at radius 2 is 1.55 bits per heavy atom. The summed E-state index contributed by atoms with van der Waals surface area (Å²) in [5, 5.41) is 21.8. The number of amides is 2. The van der Waals surface area contributed by atoms with Crippen LogP contribution in [-0.4, -0.2) is 54.9 Å². The Labute approximate surface area is 262 Å². The molecule has 0 aliphatic carbocycles. The van der Waals surface area contributed by atoms with Gasteiger partial charge in [0, 0.05) is 82.5 Å². The fraction of sp³-hybridized carbons (Fsp3) is 0.485. The summed E-state index contributed by atoms with van der Waals surface area (Å²) in [5.41, 5.74) is 10.0. The van der Waals surface area contributed by atoms with Gasteiger partial charge in [-0.3, -0.25) is 19.2 Å². The highest BCUT2D eigenvalue weighted by Gasteiger charge is 2.37. The summed E-state index contributed by atoms with van der Waals surface area (Å²) in [7, 11) is 0. The van der Waals surface area contributed by atoms with Crippen molar-refractivity contribution in [3.8, 4) is 0 Å². The highest BCUT2D eigenvalue weighted by atomic mass is 32.1. The van der Waals surface area contributed by atoms with E-state index in [2.05, 4.69) is 32.9 Å². The molecule has 0 saturated heterocycles. The van der Waals surface area contributed by atoms with Gasteiger partial charge in [0.1, 0.15) is 0 Å². The van der Waals surface area contributed by atoms with Gasteiger partial charge in [-0.1, -0.05) is 20.8 Å². The van der Waals surface area contributed by atoms with Crippen LogP contribution in [0.25, 0.3) is 6.08 Å². The van der Waals surface area contributed by atoms with E-state index in [0.717, 1.165) is 61.9 Å². The lowest BCUT2D eigenvalue weighted by Gasteiger charge is -2.20. The number of thiol groups is 1. The Balaban J connectivity index is 1.76. The summed E-state index contributed by atoms with van der Waals surface area (Å²) in [6.45, 7) is 11.6. The molecule has 2 aromatic heterocycles. The topological polar surface area (TPSA) is 165 Å². The van der Waals surface area contributed by atoms with Gasteiger partial charge in [-0.2, -0.15) is 12.6 Å².